The third-order valence-electron chi connectivity index (χ3n) is 3.80. The molecule has 4 nitrogen and oxygen atoms in total. The Morgan fingerprint density at radius 1 is 1.14 bits per heavy atom. The quantitative estimate of drug-likeness (QED) is 0.906. The number of carbonyl (C=O) groups excluding carboxylic acids is 1. The maximum Gasteiger partial charge on any atom is 0.270 e. The number of nitrogens with one attached hydrogen (secondary N) is 2. The molecule has 22 heavy (non-hydrogen) atoms. The van der Waals surface area contributed by atoms with Crippen LogP contribution >= 0.6 is 0 Å². The van der Waals surface area contributed by atoms with E-state index in [0.717, 1.165) is 12.8 Å². The molecule has 114 valence electrons. The molecule has 1 aromatic carbocycles. The first-order chi connectivity index (χ1) is 10.7. The van der Waals surface area contributed by atoms with E-state index in [0.29, 0.717) is 17.1 Å². The largest absolute Gasteiger partial charge is 0.354 e. The number of benzene rings is 1. The molecular weight excluding hydrogens is 281 g/mol. The fraction of sp³-hybridized carbons (Fsp3) is 0.294. The highest BCUT2D eigenvalue weighted by Gasteiger charge is 2.18. The summed E-state index contributed by atoms with van der Waals surface area (Å²) in [6.45, 7) is 0. The number of pyridine rings is 1. The van der Waals surface area contributed by atoms with Crippen LogP contribution in [0.2, 0.25) is 0 Å². The van der Waals surface area contributed by atoms with E-state index in [9.17, 15) is 9.18 Å². The molecule has 1 fully saturated rings. The molecule has 0 radical (unpaired) electrons. The standard InChI is InChI=1S/C17H18FN3O/c18-12-4-3-7-14(10-12)20-15-8-9-16(19-11-15)17(22)21-13-5-1-2-6-13/h3-4,7-11,13,20H,1-2,5-6H2,(H,21,22). The molecule has 1 heterocycles. The van der Waals surface area contributed by atoms with E-state index < -0.39 is 0 Å². The van der Waals surface area contributed by atoms with Crippen LogP contribution in [0, 0.1) is 5.82 Å². The lowest BCUT2D eigenvalue weighted by atomic mass is 10.2. The van der Waals surface area contributed by atoms with E-state index in [1.54, 1.807) is 30.5 Å². The van der Waals surface area contributed by atoms with E-state index in [1.165, 1.54) is 25.0 Å². The monoisotopic (exact) mass is 299 g/mol. The third-order valence-corrected chi connectivity index (χ3v) is 3.80. The molecule has 1 saturated carbocycles. The molecule has 1 amide bonds. The highest BCUT2D eigenvalue weighted by molar-refractivity contribution is 5.92. The van der Waals surface area contributed by atoms with Crippen LogP contribution in [0.1, 0.15) is 36.2 Å². The lowest BCUT2D eigenvalue weighted by Gasteiger charge is -2.11. The minimum Gasteiger partial charge on any atom is -0.354 e. The van der Waals surface area contributed by atoms with Crippen molar-refractivity contribution in [2.24, 2.45) is 0 Å². The van der Waals surface area contributed by atoms with Gasteiger partial charge in [0.05, 0.1) is 11.9 Å². The summed E-state index contributed by atoms with van der Waals surface area (Å²) >= 11 is 0. The number of carbonyl (C=O) groups is 1. The summed E-state index contributed by atoms with van der Waals surface area (Å²) in [5.41, 5.74) is 1.75. The maximum absolute atomic E-state index is 13.1. The number of amides is 1. The van der Waals surface area contributed by atoms with Crippen molar-refractivity contribution in [1.82, 2.24) is 10.3 Å². The summed E-state index contributed by atoms with van der Waals surface area (Å²) in [7, 11) is 0. The summed E-state index contributed by atoms with van der Waals surface area (Å²) in [6, 6.07) is 9.91. The van der Waals surface area contributed by atoms with Gasteiger partial charge in [0.2, 0.25) is 0 Å². The van der Waals surface area contributed by atoms with Gasteiger partial charge in [-0.1, -0.05) is 18.9 Å². The summed E-state index contributed by atoms with van der Waals surface area (Å²) in [5, 5.41) is 6.05. The van der Waals surface area contributed by atoms with Crippen molar-refractivity contribution in [3.8, 4) is 0 Å². The fourth-order valence-corrected chi connectivity index (χ4v) is 2.66. The van der Waals surface area contributed by atoms with Gasteiger partial charge in [0, 0.05) is 11.7 Å². The maximum atomic E-state index is 13.1. The Hall–Kier alpha value is -2.43. The molecular formula is C17H18FN3O. The summed E-state index contributed by atoms with van der Waals surface area (Å²) < 4.78 is 13.1. The highest BCUT2D eigenvalue weighted by Crippen LogP contribution is 2.19. The SMILES string of the molecule is O=C(NC1CCCC1)c1ccc(Nc2cccc(F)c2)cn1. The summed E-state index contributed by atoms with van der Waals surface area (Å²) in [4.78, 5) is 16.2. The van der Waals surface area contributed by atoms with Crippen molar-refractivity contribution in [3.05, 3.63) is 54.1 Å². The molecule has 3 rings (SSSR count). The number of hydrogen-bond donors (Lipinski definition) is 2. The molecule has 0 atom stereocenters. The van der Waals surface area contributed by atoms with Gasteiger partial charge in [-0.2, -0.15) is 0 Å². The van der Waals surface area contributed by atoms with Crippen LogP contribution in [0.3, 0.4) is 0 Å². The van der Waals surface area contributed by atoms with Gasteiger partial charge < -0.3 is 10.6 Å². The second-order valence-electron chi connectivity index (χ2n) is 5.52. The lowest BCUT2D eigenvalue weighted by Crippen LogP contribution is -2.33. The first-order valence-electron chi connectivity index (χ1n) is 7.50. The Morgan fingerprint density at radius 3 is 2.64 bits per heavy atom. The number of aromatic nitrogens is 1. The third kappa shape index (κ3) is 3.61. The Labute approximate surface area is 128 Å². The van der Waals surface area contributed by atoms with Crippen molar-refractivity contribution in [2.75, 3.05) is 5.32 Å². The van der Waals surface area contributed by atoms with Gasteiger partial charge in [-0.05, 0) is 43.2 Å². The Bertz CT molecular complexity index is 651. The molecule has 0 spiro atoms. The molecule has 2 aromatic rings. The van der Waals surface area contributed by atoms with E-state index in [2.05, 4.69) is 15.6 Å². The molecule has 0 aliphatic heterocycles. The van der Waals surface area contributed by atoms with Crippen LogP contribution < -0.4 is 10.6 Å². The van der Waals surface area contributed by atoms with Crippen molar-refractivity contribution < 1.29 is 9.18 Å². The van der Waals surface area contributed by atoms with Crippen LogP contribution in [0.25, 0.3) is 0 Å². The van der Waals surface area contributed by atoms with Crippen molar-refractivity contribution in [3.63, 3.8) is 0 Å². The summed E-state index contributed by atoms with van der Waals surface area (Å²) in [6.07, 6.45) is 6.02. The van der Waals surface area contributed by atoms with Crippen LogP contribution in [-0.2, 0) is 0 Å². The minimum atomic E-state index is -0.300. The predicted molar refractivity (Wildman–Crippen MR) is 83.6 cm³/mol. The number of halogens is 1. The van der Waals surface area contributed by atoms with E-state index in [4.69, 9.17) is 0 Å². The van der Waals surface area contributed by atoms with Gasteiger partial charge in [-0.3, -0.25) is 4.79 Å². The Morgan fingerprint density at radius 2 is 1.95 bits per heavy atom. The van der Waals surface area contributed by atoms with Gasteiger partial charge in [-0.25, -0.2) is 9.37 Å². The van der Waals surface area contributed by atoms with Gasteiger partial charge in [0.15, 0.2) is 0 Å². The lowest BCUT2D eigenvalue weighted by molar-refractivity contribution is 0.0933. The van der Waals surface area contributed by atoms with Crippen molar-refractivity contribution in [2.45, 2.75) is 31.7 Å². The molecule has 0 saturated heterocycles. The van der Waals surface area contributed by atoms with Gasteiger partial charge >= 0.3 is 0 Å². The molecule has 1 aliphatic carbocycles. The molecule has 0 unspecified atom stereocenters. The van der Waals surface area contributed by atoms with Crippen molar-refractivity contribution in [1.29, 1.82) is 0 Å². The minimum absolute atomic E-state index is 0.135. The van der Waals surface area contributed by atoms with Crippen LogP contribution in [0.15, 0.2) is 42.6 Å². The number of hydrogen-bond acceptors (Lipinski definition) is 3. The molecule has 5 heteroatoms. The van der Waals surface area contributed by atoms with Gasteiger partial charge in [0.25, 0.3) is 5.91 Å². The van der Waals surface area contributed by atoms with E-state index >= 15 is 0 Å². The molecule has 2 N–H and O–H groups in total. The number of rotatable bonds is 4. The normalized spacial score (nSPS) is 14.8. The molecule has 0 bridgehead atoms. The average Bonchev–Trinajstić information content (AvgIpc) is 3.01. The van der Waals surface area contributed by atoms with Crippen LogP contribution in [0.4, 0.5) is 15.8 Å². The highest BCUT2D eigenvalue weighted by atomic mass is 19.1. The van der Waals surface area contributed by atoms with Gasteiger partial charge in [0.1, 0.15) is 11.5 Å². The first-order valence-corrected chi connectivity index (χ1v) is 7.50. The van der Waals surface area contributed by atoms with Crippen LogP contribution in [0.5, 0.6) is 0 Å². The second kappa shape index (κ2) is 6.56. The zero-order valence-corrected chi connectivity index (χ0v) is 12.2. The second-order valence-corrected chi connectivity index (χ2v) is 5.52. The van der Waals surface area contributed by atoms with Gasteiger partial charge in [-0.15, -0.1) is 0 Å². The smallest absolute Gasteiger partial charge is 0.270 e. The van der Waals surface area contributed by atoms with E-state index in [-0.39, 0.29) is 17.8 Å². The fourth-order valence-electron chi connectivity index (χ4n) is 2.66. The van der Waals surface area contributed by atoms with Crippen LogP contribution in [-0.4, -0.2) is 16.9 Å². The van der Waals surface area contributed by atoms with E-state index in [1.807, 2.05) is 0 Å². The topological polar surface area (TPSA) is 54.0 Å². The molecule has 1 aliphatic rings. The first kappa shape index (κ1) is 14.5. The number of anilines is 2. The summed E-state index contributed by atoms with van der Waals surface area (Å²) in [5.74, 6) is -0.435. The molecule has 1 aromatic heterocycles. The predicted octanol–water partition coefficient (Wildman–Crippen LogP) is 3.64. The zero-order valence-electron chi connectivity index (χ0n) is 12.2. The van der Waals surface area contributed by atoms with Crippen molar-refractivity contribution >= 4 is 17.3 Å². The number of nitrogens with zero attached hydrogens (tertiary/aromatic N) is 1. The zero-order chi connectivity index (χ0) is 15.4. The Balaban J connectivity index is 1.63. The Kier molecular flexibility index (Phi) is 4.32. The average molecular weight is 299 g/mol.